The van der Waals surface area contributed by atoms with E-state index in [1.807, 2.05) is 0 Å². The fourth-order valence-electron chi connectivity index (χ4n) is 2.00. The molecule has 0 nitrogen and oxygen atoms in total. The molecule has 0 aliphatic heterocycles. The normalized spacial score (nSPS) is 12.8. The number of hydrogen-bond donors (Lipinski definition) is 0. The Morgan fingerprint density at radius 2 is 1.73 bits per heavy atom. The minimum absolute atomic E-state index is 0. The fraction of sp³-hybridized carbons (Fsp3) is 0.0714. The van der Waals surface area contributed by atoms with E-state index in [1.165, 1.54) is 21.9 Å². The summed E-state index contributed by atoms with van der Waals surface area (Å²) in [7, 11) is 0. The Bertz CT molecular complexity index is 465. The third-order valence-electron chi connectivity index (χ3n) is 2.76. The van der Waals surface area contributed by atoms with Crippen LogP contribution >= 0.6 is 0 Å². The van der Waals surface area contributed by atoms with Crippen LogP contribution in [-0.4, -0.2) is 0 Å². The van der Waals surface area contributed by atoms with Gasteiger partial charge in [0, 0.05) is 0 Å². The molecule has 2 aromatic rings. The van der Waals surface area contributed by atoms with Crippen molar-refractivity contribution in [3.63, 3.8) is 0 Å². The second-order valence-electron chi connectivity index (χ2n) is 3.70. The van der Waals surface area contributed by atoms with Crippen molar-refractivity contribution in [1.82, 2.24) is 0 Å². The van der Waals surface area contributed by atoms with Gasteiger partial charge in [-0.2, -0.15) is 6.08 Å². The quantitative estimate of drug-likeness (QED) is 0.415. The molecule has 0 spiro atoms. The van der Waals surface area contributed by atoms with Crippen molar-refractivity contribution in [1.29, 1.82) is 0 Å². The van der Waals surface area contributed by atoms with Crippen LogP contribution in [0, 0.1) is 6.42 Å². The number of benzene rings is 2. The summed E-state index contributed by atoms with van der Waals surface area (Å²) < 4.78 is 0. The summed E-state index contributed by atoms with van der Waals surface area (Å²) in [6, 6.07) is 13.1. The summed E-state index contributed by atoms with van der Waals surface area (Å²) in [5.41, 5.74) is 2.80. The van der Waals surface area contributed by atoms with Gasteiger partial charge in [0.05, 0.1) is 0 Å². The molecule has 0 aromatic heterocycles. The number of allylic oxidation sites excluding steroid dienone is 2. The van der Waals surface area contributed by atoms with Gasteiger partial charge in [-0.1, -0.05) is 42.1 Å². The summed E-state index contributed by atoms with van der Waals surface area (Å²) in [4.78, 5) is 0. The Morgan fingerprint density at radius 1 is 1.00 bits per heavy atom. The Balaban J connectivity index is 0.000000853. The van der Waals surface area contributed by atoms with E-state index in [9.17, 15) is 0 Å². The zero-order chi connectivity index (χ0) is 9.38. The molecule has 1 aliphatic rings. The standard InChI is InChI=1S/C14H11.Li/c1-2-6-12-10-14-8-4-3-7-13(14)9-11(12)5-1;/h1-7,9-10H,8H2;/q-1;+1. The fourth-order valence-corrected chi connectivity index (χ4v) is 2.00. The molecule has 0 bridgehead atoms. The molecule has 2 aromatic carbocycles. The molecule has 0 atom stereocenters. The average Bonchev–Trinajstić information content (AvgIpc) is 2.26. The molecule has 0 heterocycles. The van der Waals surface area contributed by atoms with Gasteiger partial charge in [-0.3, -0.25) is 0 Å². The molecule has 68 valence electrons. The van der Waals surface area contributed by atoms with Gasteiger partial charge in [-0.25, -0.2) is 0 Å². The van der Waals surface area contributed by atoms with Gasteiger partial charge in [0.15, 0.2) is 0 Å². The predicted octanol–water partition coefficient (Wildman–Crippen LogP) is 0.508. The largest absolute Gasteiger partial charge is 1.00 e. The zero-order valence-corrected chi connectivity index (χ0v) is 8.90. The first-order valence-corrected chi connectivity index (χ1v) is 4.95. The van der Waals surface area contributed by atoms with Gasteiger partial charge in [0.1, 0.15) is 0 Å². The summed E-state index contributed by atoms with van der Waals surface area (Å²) >= 11 is 0. The number of fused-ring (bicyclic) bond motifs is 2. The van der Waals surface area contributed by atoms with E-state index in [0.29, 0.717) is 0 Å². The maximum absolute atomic E-state index is 2.30. The van der Waals surface area contributed by atoms with Gasteiger partial charge in [-0.15, -0.1) is 29.7 Å². The van der Waals surface area contributed by atoms with E-state index in [0.717, 1.165) is 6.42 Å². The zero-order valence-electron chi connectivity index (χ0n) is 8.90. The second-order valence-corrected chi connectivity index (χ2v) is 3.70. The predicted molar refractivity (Wildman–Crippen MR) is 60.2 cm³/mol. The Morgan fingerprint density at radius 3 is 2.53 bits per heavy atom. The van der Waals surface area contributed by atoms with Gasteiger partial charge < -0.3 is 0 Å². The van der Waals surface area contributed by atoms with E-state index in [2.05, 4.69) is 55.0 Å². The monoisotopic (exact) mass is 186 g/mol. The van der Waals surface area contributed by atoms with Crippen LogP contribution in [0.25, 0.3) is 10.8 Å². The first-order valence-electron chi connectivity index (χ1n) is 4.95. The number of hydrogen-bond acceptors (Lipinski definition) is 0. The summed E-state index contributed by atoms with van der Waals surface area (Å²) in [5, 5.41) is 2.67. The van der Waals surface area contributed by atoms with Crippen molar-refractivity contribution < 1.29 is 18.9 Å². The maximum atomic E-state index is 2.30. The van der Waals surface area contributed by atoms with Gasteiger partial charge >= 0.3 is 18.9 Å². The van der Waals surface area contributed by atoms with Crippen LogP contribution in [0.4, 0.5) is 0 Å². The van der Waals surface area contributed by atoms with Crippen molar-refractivity contribution in [3.8, 4) is 0 Å². The smallest absolute Gasteiger partial charge is 0.159 e. The summed E-state index contributed by atoms with van der Waals surface area (Å²) in [6.07, 6.45) is 7.59. The van der Waals surface area contributed by atoms with Gasteiger partial charge in [0.25, 0.3) is 0 Å². The van der Waals surface area contributed by atoms with Gasteiger partial charge in [-0.05, 0) is 5.39 Å². The van der Waals surface area contributed by atoms with Crippen LogP contribution in [0.15, 0.2) is 48.6 Å². The molecule has 0 saturated carbocycles. The van der Waals surface area contributed by atoms with Crippen molar-refractivity contribution in [2.75, 3.05) is 0 Å². The minimum Gasteiger partial charge on any atom is -0.159 e. The van der Waals surface area contributed by atoms with Gasteiger partial charge in [0.2, 0.25) is 0 Å². The average molecular weight is 186 g/mol. The molecule has 0 amide bonds. The first kappa shape index (κ1) is 10.4. The van der Waals surface area contributed by atoms with Crippen LogP contribution in [-0.2, 0) is 6.42 Å². The third-order valence-corrected chi connectivity index (χ3v) is 2.76. The molecule has 0 fully saturated rings. The SMILES string of the molecule is C1=CCc2cc3ccccc3cc2[CH-]1.[Li+]. The Kier molecular flexibility index (Phi) is 2.91. The molecule has 15 heavy (non-hydrogen) atoms. The van der Waals surface area contributed by atoms with Crippen molar-refractivity contribution >= 4 is 10.8 Å². The van der Waals surface area contributed by atoms with Crippen LogP contribution in [0.1, 0.15) is 11.1 Å². The first-order chi connectivity index (χ1) is 6.93. The Labute approximate surface area is 102 Å². The molecule has 0 radical (unpaired) electrons. The molecule has 0 saturated heterocycles. The molecule has 1 aliphatic carbocycles. The molecule has 3 rings (SSSR count). The molecular formula is C14H11Li. The third kappa shape index (κ3) is 1.84. The van der Waals surface area contributed by atoms with Crippen molar-refractivity contribution in [2.45, 2.75) is 6.42 Å². The topological polar surface area (TPSA) is 0 Å². The second kappa shape index (κ2) is 4.19. The van der Waals surface area contributed by atoms with E-state index < -0.39 is 0 Å². The minimum atomic E-state index is 0. The van der Waals surface area contributed by atoms with E-state index in [4.69, 9.17) is 0 Å². The van der Waals surface area contributed by atoms with Crippen LogP contribution in [0.5, 0.6) is 0 Å². The molecule has 0 unspecified atom stereocenters. The van der Waals surface area contributed by atoms with E-state index in [1.54, 1.807) is 0 Å². The maximum Gasteiger partial charge on any atom is 1.00 e. The summed E-state index contributed by atoms with van der Waals surface area (Å²) in [5.74, 6) is 0. The molecule has 0 N–H and O–H groups in total. The number of rotatable bonds is 0. The van der Waals surface area contributed by atoms with Crippen LogP contribution < -0.4 is 18.9 Å². The molecular weight excluding hydrogens is 175 g/mol. The Hall–Kier alpha value is -1.09. The summed E-state index contributed by atoms with van der Waals surface area (Å²) in [6.45, 7) is 0. The van der Waals surface area contributed by atoms with E-state index >= 15 is 0 Å². The van der Waals surface area contributed by atoms with Crippen LogP contribution in [0.2, 0.25) is 0 Å². The van der Waals surface area contributed by atoms with E-state index in [-0.39, 0.29) is 18.9 Å². The van der Waals surface area contributed by atoms with Crippen molar-refractivity contribution in [3.05, 3.63) is 66.1 Å². The van der Waals surface area contributed by atoms with Crippen molar-refractivity contribution in [2.24, 2.45) is 0 Å². The van der Waals surface area contributed by atoms with Crippen LogP contribution in [0.3, 0.4) is 0 Å². The molecule has 1 heteroatoms.